The van der Waals surface area contributed by atoms with Crippen LogP contribution in [-0.4, -0.2) is 11.4 Å². The van der Waals surface area contributed by atoms with Gasteiger partial charge in [-0.05, 0) is 35.7 Å². The van der Waals surface area contributed by atoms with Crippen molar-refractivity contribution in [2.75, 3.05) is 0 Å². The van der Waals surface area contributed by atoms with Gasteiger partial charge < -0.3 is 5.32 Å². The molecule has 0 aromatic carbocycles. The van der Waals surface area contributed by atoms with Gasteiger partial charge in [0.2, 0.25) is 0 Å². The normalized spacial score (nSPS) is 18.3. The molecule has 1 saturated carbocycles. The van der Waals surface area contributed by atoms with Crippen LogP contribution in [0, 0.1) is 0 Å². The molecule has 0 spiro atoms. The highest BCUT2D eigenvalue weighted by atomic mass is 79.9. The Morgan fingerprint density at radius 3 is 2.77 bits per heavy atom. The van der Waals surface area contributed by atoms with Gasteiger partial charge in [0.05, 0.1) is 5.56 Å². The Balaban J connectivity index is 2.09. The molecule has 0 saturated heterocycles. The topological polar surface area (TPSA) is 29.1 Å². The third-order valence-electron chi connectivity index (χ3n) is 2.27. The molecule has 2 nitrogen and oxygen atoms in total. The van der Waals surface area contributed by atoms with Crippen LogP contribution < -0.4 is 5.32 Å². The Hall–Kier alpha value is -0.350. The molecule has 4 heteroatoms. The number of carbonyl (C=O) groups is 1. The number of hydrogen-bond donors (Lipinski definition) is 1. The average Bonchev–Trinajstić information content (AvgIpc) is 2.63. The number of rotatable bonds is 2. The van der Waals surface area contributed by atoms with Crippen LogP contribution in [0.3, 0.4) is 0 Å². The lowest BCUT2D eigenvalue weighted by atomic mass is 10.2. The Morgan fingerprint density at radius 1 is 1.62 bits per heavy atom. The Bertz CT molecular complexity index is 343. The molecule has 1 amide bonds. The van der Waals surface area contributed by atoms with Gasteiger partial charge in [0, 0.05) is 20.8 Å². The van der Waals surface area contributed by atoms with Gasteiger partial charge in [-0.25, -0.2) is 0 Å². The van der Waals surface area contributed by atoms with Crippen molar-refractivity contribution in [3.63, 3.8) is 0 Å². The first-order valence-corrected chi connectivity index (χ1v) is 5.88. The molecule has 0 bridgehead atoms. The third kappa shape index (κ3) is 1.94. The fourth-order valence-electron chi connectivity index (χ4n) is 1.10. The Labute approximate surface area is 89.5 Å². The van der Waals surface area contributed by atoms with Gasteiger partial charge in [-0.3, -0.25) is 4.79 Å². The van der Waals surface area contributed by atoms with Gasteiger partial charge in [-0.2, -0.15) is 11.3 Å². The molecule has 0 atom stereocenters. The van der Waals surface area contributed by atoms with E-state index in [4.69, 9.17) is 0 Å². The van der Waals surface area contributed by atoms with Crippen molar-refractivity contribution in [3.8, 4) is 0 Å². The molecular weight excluding hydrogens is 250 g/mol. The zero-order valence-electron chi connectivity index (χ0n) is 7.26. The summed E-state index contributed by atoms with van der Waals surface area (Å²) < 4.78 is 0.888. The molecule has 0 unspecified atom stereocenters. The van der Waals surface area contributed by atoms with Crippen LogP contribution >= 0.6 is 27.3 Å². The van der Waals surface area contributed by atoms with E-state index in [1.807, 2.05) is 10.8 Å². The first-order valence-electron chi connectivity index (χ1n) is 4.15. The van der Waals surface area contributed by atoms with E-state index >= 15 is 0 Å². The fraction of sp³-hybridized carbons (Fsp3) is 0.444. The first kappa shape index (κ1) is 9.21. The average molecular weight is 260 g/mol. The lowest BCUT2D eigenvalue weighted by Crippen LogP contribution is -2.34. The minimum atomic E-state index is 0.0353. The second-order valence-electron chi connectivity index (χ2n) is 3.65. The van der Waals surface area contributed by atoms with Gasteiger partial charge in [-0.15, -0.1) is 0 Å². The SMILES string of the molecule is CC1(NC(=O)c2cscc2Br)CC1. The molecule has 1 aromatic rings. The molecule has 1 fully saturated rings. The van der Waals surface area contributed by atoms with Crippen LogP contribution in [0.2, 0.25) is 0 Å². The predicted molar refractivity (Wildman–Crippen MR) is 57.1 cm³/mol. The number of nitrogens with one attached hydrogen (secondary N) is 1. The van der Waals surface area contributed by atoms with E-state index in [9.17, 15) is 4.79 Å². The molecular formula is C9H10BrNOS. The van der Waals surface area contributed by atoms with Gasteiger partial charge in [-0.1, -0.05) is 0 Å². The van der Waals surface area contributed by atoms with E-state index in [1.54, 1.807) is 0 Å². The zero-order valence-corrected chi connectivity index (χ0v) is 9.67. The molecule has 2 rings (SSSR count). The molecule has 1 aromatic heterocycles. The third-order valence-corrected chi connectivity index (χ3v) is 3.98. The van der Waals surface area contributed by atoms with Crippen LogP contribution in [0.4, 0.5) is 0 Å². The van der Waals surface area contributed by atoms with Crippen molar-refractivity contribution in [3.05, 3.63) is 20.8 Å². The second-order valence-corrected chi connectivity index (χ2v) is 5.25. The number of carbonyl (C=O) groups excluding carboxylic acids is 1. The van der Waals surface area contributed by atoms with E-state index < -0.39 is 0 Å². The summed E-state index contributed by atoms with van der Waals surface area (Å²) in [6.45, 7) is 2.07. The van der Waals surface area contributed by atoms with Crippen molar-refractivity contribution < 1.29 is 4.79 Å². The summed E-state index contributed by atoms with van der Waals surface area (Å²) in [5.41, 5.74) is 0.816. The highest BCUT2D eigenvalue weighted by molar-refractivity contribution is 9.10. The van der Waals surface area contributed by atoms with Crippen molar-refractivity contribution in [1.29, 1.82) is 0 Å². The van der Waals surface area contributed by atoms with E-state index in [0.717, 1.165) is 22.9 Å². The number of amides is 1. The van der Waals surface area contributed by atoms with Crippen molar-refractivity contribution >= 4 is 33.2 Å². The molecule has 0 aliphatic heterocycles. The lowest BCUT2D eigenvalue weighted by Gasteiger charge is -2.10. The number of hydrogen-bond acceptors (Lipinski definition) is 2. The summed E-state index contributed by atoms with van der Waals surface area (Å²) in [6, 6.07) is 0. The quantitative estimate of drug-likeness (QED) is 0.870. The van der Waals surface area contributed by atoms with Crippen molar-refractivity contribution in [1.82, 2.24) is 5.32 Å². The number of halogens is 1. The van der Waals surface area contributed by atoms with E-state index in [0.29, 0.717) is 0 Å². The van der Waals surface area contributed by atoms with Gasteiger partial charge >= 0.3 is 0 Å². The van der Waals surface area contributed by atoms with Gasteiger partial charge in [0.25, 0.3) is 5.91 Å². The summed E-state index contributed by atoms with van der Waals surface area (Å²) in [6.07, 6.45) is 2.20. The summed E-state index contributed by atoms with van der Waals surface area (Å²) in [5, 5.41) is 6.80. The van der Waals surface area contributed by atoms with Crippen LogP contribution in [0.1, 0.15) is 30.1 Å². The maximum Gasteiger partial charge on any atom is 0.253 e. The van der Waals surface area contributed by atoms with E-state index in [-0.39, 0.29) is 11.4 Å². The van der Waals surface area contributed by atoms with Crippen LogP contribution in [0.25, 0.3) is 0 Å². The minimum Gasteiger partial charge on any atom is -0.347 e. The molecule has 70 valence electrons. The molecule has 1 heterocycles. The first-order chi connectivity index (χ1) is 6.11. The molecule has 0 radical (unpaired) electrons. The molecule has 1 N–H and O–H groups in total. The lowest BCUT2D eigenvalue weighted by molar-refractivity contribution is 0.0935. The minimum absolute atomic E-state index is 0.0353. The standard InChI is InChI=1S/C9H10BrNOS/c1-9(2-3-9)11-8(12)6-4-13-5-7(6)10/h4-5H,2-3H2,1H3,(H,11,12). The Morgan fingerprint density at radius 2 is 2.31 bits per heavy atom. The summed E-state index contributed by atoms with van der Waals surface area (Å²) in [7, 11) is 0. The van der Waals surface area contributed by atoms with Gasteiger partial charge in [0.1, 0.15) is 0 Å². The van der Waals surface area contributed by atoms with Crippen molar-refractivity contribution in [2.24, 2.45) is 0 Å². The van der Waals surface area contributed by atoms with Gasteiger partial charge in [0.15, 0.2) is 0 Å². The summed E-state index contributed by atoms with van der Waals surface area (Å²) in [5.74, 6) is 0.0353. The van der Waals surface area contributed by atoms with Crippen LogP contribution in [-0.2, 0) is 0 Å². The monoisotopic (exact) mass is 259 g/mol. The molecule has 13 heavy (non-hydrogen) atoms. The zero-order chi connectivity index (χ0) is 9.47. The van der Waals surface area contributed by atoms with E-state index in [1.165, 1.54) is 11.3 Å². The maximum atomic E-state index is 11.6. The second kappa shape index (κ2) is 3.10. The largest absolute Gasteiger partial charge is 0.347 e. The van der Waals surface area contributed by atoms with Crippen LogP contribution in [0.15, 0.2) is 15.2 Å². The summed E-state index contributed by atoms with van der Waals surface area (Å²) >= 11 is 4.88. The van der Waals surface area contributed by atoms with E-state index in [2.05, 4.69) is 28.2 Å². The highest BCUT2D eigenvalue weighted by Crippen LogP contribution is 2.35. The summed E-state index contributed by atoms with van der Waals surface area (Å²) in [4.78, 5) is 11.6. The highest BCUT2D eigenvalue weighted by Gasteiger charge is 2.39. The Kier molecular flexibility index (Phi) is 2.20. The number of thiophene rings is 1. The molecule has 1 aliphatic rings. The van der Waals surface area contributed by atoms with Crippen LogP contribution in [0.5, 0.6) is 0 Å². The smallest absolute Gasteiger partial charge is 0.253 e. The van der Waals surface area contributed by atoms with Crippen molar-refractivity contribution in [2.45, 2.75) is 25.3 Å². The predicted octanol–water partition coefficient (Wildman–Crippen LogP) is 2.79. The fourth-order valence-corrected chi connectivity index (χ4v) is 2.55. The molecule has 1 aliphatic carbocycles. The maximum absolute atomic E-state index is 11.6.